The number of rotatable bonds is 18. The SMILES string of the molecule is CCCCCCCCCCCCCCC[C@H](O)[C@@H](C)C(=O)N1C(=S)SC[C@@H]1Cc1ccccc1. The Balaban J connectivity index is 1.58. The molecule has 1 aromatic rings. The number of hydrogen-bond acceptors (Lipinski definition) is 4. The fraction of sp³-hybridized carbons (Fsp3) is 0.724. The first-order chi connectivity index (χ1) is 16.5. The molecule has 3 nitrogen and oxygen atoms in total. The van der Waals surface area contributed by atoms with E-state index in [1.807, 2.05) is 25.1 Å². The lowest BCUT2D eigenvalue weighted by atomic mass is 9.96. The Hall–Kier alpha value is -0.910. The van der Waals surface area contributed by atoms with Gasteiger partial charge < -0.3 is 5.11 Å². The van der Waals surface area contributed by atoms with E-state index in [9.17, 15) is 9.90 Å². The molecule has 5 heteroatoms. The minimum absolute atomic E-state index is 0.0156. The number of amides is 1. The number of carbonyl (C=O) groups is 1. The standard InChI is InChI=1S/C29H47NO2S2/c1-3-4-5-6-7-8-9-10-11-12-13-14-18-21-27(31)24(2)28(32)30-26(23-34-29(30)33)22-25-19-16-15-17-20-25/h15-17,19-20,24,26-27,31H,3-14,18,21-23H2,1-2H3/t24-,26+,27+/m1/s1. The smallest absolute Gasteiger partial charge is 0.233 e. The maximum atomic E-state index is 13.2. The number of carbonyl (C=O) groups excluding carboxylic acids is 1. The van der Waals surface area contributed by atoms with Crippen LogP contribution in [0, 0.1) is 5.92 Å². The van der Waals surface area contributed by atoms with E-state index < -0.39 is 12.0 Å². The monoisotopic (exact) mass is 505 g/mol. The van der Waals surface area contributed by atoms with Crippen molar-refractivity contribution in [3.05, 3.63) is 35.9 Å². The molecular formula is C29H47NO2S2. The summed E-state index contributed by atoms with van der Waals surface area (Å²) >= 11 is 7.08. The molecule has 1 heterocycles. The molecule has 0 saturated carbocycles. The van der Waals surface area contributed by atoms with E-state index in [2.05, 4.69) is 19.1 Å². The molecule has 0 spiro atoms. The Morgan fingerprint density at radius 3 is 2.06 bits per heavy atom. The summed E-state index contributed by atoms with van der Waals surface area (Å²) in [7, 11) is 0. The van der Waals surface area contributed by atoms with Gasteiger partial charge in [0.25, 0.3) is 0 Å². The van der Waals surface area contributed by atoms with Crippen LogP contribution in [0.3, 0.4) is 0 Å². The molecule has 34 heavy (non-hydrogen) atoms. The third kappa shape index (κ3) is 10.8. The van der Waals surface area contributed by atoms with Crippen LogP contribution in [0.25, 0.3) is 0 Å². The van der Waals surface area contributed by atoms with E-state index in [-0.39, 0.29) is 11.9 Å². The third-order valence-corrected chi connectivity index (χ3v) is 8.63. The molecule has 0 unspecified atom stereocenters. The van der Waals surface area contributed by atoms with Crippen LogP contribution in [0.1, 0.15) is 109 Å². The van der Waals surface area contributed by atoms with Gasteiger partial charge in [0, 0.05) is 5.75 Å². The fourth-order valence-electron chi connectivity index (χ4n) is 4.77. The van der Waals surface area contributed by atoms with Crippen molar-refractivity contribution in [2.45, 2.75) is 122 Å². The van der Waals surface area contributed by atoms with Crippen LogP contribution < -0.4 is 0 Å². The largest absolute Gasteiger partial charge is 0.392 e. The molecule has 1 amide bonds. The van der Waals surface area contributed by atoms with E-state index >= 15 is 0 Å². The average molecular weight is 506 g/mol. The van der Waals surface area contributed by atoms with Gasteiger partial charge in [-0.1, -0.05) is 152 Å². The van der Waals surface area contributed by atoms with Gasteiger partial charge in [-0.15, -0.1) is 0 Å². The topological polar surface area (TPSA) is 40.5 Å². The van der Waals surface area contributed by atoms with Gasteiger partial charge in [-0.3, -0.25) is 9.69 Å². The van der Waals surface area contributed by atoms with Crippen molar-refractivity contribution in [3.63, 3.8) is 0 Å². The summed E-state index contributed by atoms with van der Waals surface area (Å²) in [6.07, 6.45) is 18.0. The maximum absolute atomic E-state index is 13.2. The predicted octanol–water partition coefficient (Wildman–Crippen LogP) is 7.94. The summed E-state index contributed by atoms with van der Waals surface area (Å²) in [5.41, 5.74) is 1.22. The molecule has 0 bridgehead atoms. The van der Waals surface area contributed by atoms with E-state index in [4.69, 9.17) is 12.2 Å². The predicted molar refractivity (Wildman–Crippen MR) is 151 cm³/mol. The normalized spacial score (nSPS) is 17.8. The molecule has 0 aromatic heterocycles. The van der Waals surface area contributed by atoms with Gasteiger partial charge >= 0.3 is 0 Å². The highest BCUT2D eigenvalue weighted by Crippen LogP contribution is 2.29. The van der Waals surface area contributed by atoms with E-state index in [1.165, 1.54) is 76.2 Å². The first-order valence-electron chi connectivity index (χ1n) is 13.8. The van der Waals surface area contributed by atoms with Crippen molar-refractivity contribution in [2.75, 3.05) is 5.75 Å². The van der Waals surface area contributed by atoms with Crippen molar-refractivity contribution < 1.29 is 9.90 Å². The molecule has 1 aliphatic heterocycles. The number of thioether (sulfide) groups is 1. The maximum Gasteiger partial charge on any atom is 0.233 e. The second kappa shape index (κ2) is 17.5. The van der Waals surface area contributed by atoms with Gasteiger partial charge in [-0.05, 0) is 18.4 Å². The highest BCUT2D eigenvalue weighted by atomic mass is 32.2. The lowest BCUT2D eigenvalue weighted by Gasteiger charge is -2.28. The molecule has 1 fully saturated rings. The summed E-state index contributed by atoms with van der Waals surface area (Å²) in [5.74, 6) is 0.409. The number of hydrogen-bond donors (Lipinski definition) is 1. The number of thiocarbonyl (C=S) groups is 1. The first kappa shape index (κ1) is 29.3. The number of unbranched alkanes of at least 4 members (excludes halogenated alkanes) is 12. The molecule has 1 saturated heterocycles. The highest BCUT2D eigenvalue weighted by molar-refractivity contribution is 8.23. The third-order valence-electron chi connectivity index (χ3n) is 7.08. The number of aliphatic hydroxyl groups excluding tert-OH is 1. The van der Waals surface area contributed by atoms with Gasteiger partial charge in [-0.2, -0.15) is 0 Å². The van der Waals surface area contributed by atoms with Crippen LogP contribution in [0.4, 0.5) is 0 Å². The van der Waals surface area contributed by atoms with Crippen molar-refractivity contribution in [3.8, 4) is 0 Å². The fourth-order valence-corrected chi connectivity index (χ4v) is 6.20. The zero-order valence-corrected chi connectivity index (χ0v) is 23.2. The zero-order valence-electron chi connectivity index (χ0n) is 21.6. The quantitative estimate of drug-likeness (QED) is 0.162. The number of aliphatic hydroxyl groups is 1. The van der Waals surface area contributed by atoms with Crippen molar-refractivity contribution in [2.24, 2.45) is 5.92 Å². The van der Waals surface area contributed by atoms with Crippen LogP contribution in [-0.2, 0) is 11.2 Å². The molecule has 2 rings (SSSR count). The van der Waals surface area contributed by atoms with Gasteiger partial charge in [-0.25, -0.2) is 0 Å². The van der Waals surface area contributed by atoms with Gasteiger partial charge in [0.05, 0.1) is 18.1 Å². The van der Waals surface area contributed by atoms with E-state index in [0.717, 1.165) is 25.0 Å². The molecule has 1 aromatic carbocycles. The number of benzene rings is 1. The second-order valence-corrected chi connectivity index (χ2v) is 11.7. The molecule has 192 valence electrons. The Morgan fingerprint density at radius 2 is 1.50 bits per heavy atom. The zero-order chi connectivity index (χ0) is 24.6. The van der Waals surface area contributed by atoms with Gasteiger partial charge in [0.1, 0.15) is 4.32 Å². The lowest BCUT2D eigenvalue weighted by Crippen LogP contribution is -2.45. The van der Waals surface area contributed by atoms with Crippen molar-refractivity contribution in [1.82, 2.24) is 4.90 Å². The second-order valence-electron chi connectivity index (χ2n) is 10.0. The van der Waals surface area contributed by atoms with Crippen LogP contribution >= 0.6 is 24.0 Å². The van der Waals surface area contributed by atoms with Crippen LogP contribution in [0.15, 0.2) is 30.3 Å². The summed E-state index contributed by atoms with van der Waals surface area (Å²) in [6.45, 7) is 4.13. The molecule has 0 aliphatic carbocycles. The summed E-state index contributed by atoms with van der Waals surface area (Å²) in [5, 5.41) is 10.7. The lowest BCUT2D eigenvalue weighted by molar-refractivity contribution is -0.135. The average Bonchev–Trinajstić information content (AvgIpc) is 3.21. The summed E-state index contributed by atoms with van der Waals surface area (Å²) in [6, 6.07) is 10.4. The Morgan fingerprint density at radius 1 is 0.971 bits per heavy atom. The van der Waals surface area contributed by atoms with Crippen LogP contribution in [-0.4, -0.2) is 38.1 Å². The Kier molecular flexibility index (Phi) is 15.1. The first-order valence-corrected chi connectivity index (χ1v) is 15.2. The number of nitrogens with zero attached hydrogens (tertiary/aromatic N) is 1. The minimum atomic E-state index is -0.592. The Labute approximate surface area is 218 Å². The van der Waals surface area contributed by atoms with E-state index in [0.29, 0.717) is 10.7 Å². The highest BCUT2D eigenvalue weighted by Gasteiger charge is 2.37. The van der Waals surface area contributed by atoms with Crippen molar-refractivity contribution in [1.29, 1.82) is 0 Å². The molecule has 3 atom stereocenters. The van der Waals surface area contributed by atoms with Crippen molar-refractivity contribution >= 4 is 34.2 Å². The summed E-state index contributed by atoms with van der Waals surface area (Å²) < 4.78 is 0.658. The van der Waals surface area contributed by atoms with Gasteiger partial charge in [0.2, 0.25) is 5.91 Å². The molecule has 1 aliphatic rings. The van der Waals surface area contributed by atoms with Crippen LogP contribution in [0.2, 0.25) is 0 Å². The van der Waals surface area contributed by atoms with E-state index in [1.54, 1.807) is 16.7 Å². The molecular weight excluding hydrogens is 458 g/mol. The van der Waals surface area contributed by atoms with Crippen LogP contribution in [0.5, 0.6) is 0 Å². The summed E-state index contributed by atoms with van der Waals surface area (Å²) in [4.78, 5) is 15.0. The minimum Gasteiger partial charge on any atom is -0.392 e. The molecule has 0 radical (unpaired) electrons. The molecule has 1 N–H and O–H groups in total. The van der Waals surface area contributed by atoms with Gasteiger partial charge in [0.15, 0.2) is 0 Å². The Bertz CT molecular complexity index is 697.